The van der Waals surface area contributed by atoms with Crippen LogP contribution >= 0.6 is 11.6 Å². The van der Waals surface area contributed by atoms with Crippen LogP contribution < -0.4 is 10.1 Å². The zero-order valence-corrected chi connectivity index (χ0v) is 11.2. The molecule has 0 saturated heterocycles. The van der Waals surface area contributed by atoms with Crippen LogP contribution in [0.2, 0.25) is 5.02 Å². The summed E-state index contributed by atoms with van der Waals surface area (Å²) in [6, 6.07) is 8.03. The number of halogens is 2. The van der Waals surface area contributed by atoms with Gasteiger partial charge in [-0.05, 0) is 30.3 Å². The quantitative estimate of drug-likeness (QED) is 0.912. The lowest BCUT2D eigenvalue weighted by atomic mass is 10.2. The second-order valence-corrected chi connectivity index (χ2v) is 4.40. The fraction of sp³-hybridized carbons (Fsp3) is 0.0714. The molecule has 0 spiro atoms. The van der Waals surface area contributed by atoms with Gasteiger partial charge >= 0.3 is 0 Å². The van der Waals surface area contributed by atoms with Crippen molar-refractivity contribution in [2.75, 3.05) is 12.4 Å². The fourth-order valence-corrected chi connectivity index (χ4v) is 1.80. The largest absolute Gasteiger partial charge is 0.507 e. The molecular weight excluding hydrogens is 285 g/mol. The highest BCUT2D eigenvalue weighted by atomic mass is 35.5. The molecule has 2 aromatic carbocycles. The maximum absolute atomic E-state index is 13.3. The summed E-state index contributed by atoms with van der Waals surface area (Å²) in [6.07, 6.45) is 0. The van der Waals surface area contributed by atoms with Gasteiger partial charge in [0.25, 0.3) is 5.91 Å². The molecule has 2 aromatic rings. The number of phenols is 1. The van der Waals surface area contributed by atoms with E-state index in [1.807, 2.05) is 0 Å². The van der Waals surface area contributed by atoms with Gasteiger partial charge in [0.15, 0.2) is 11.6 Å². The summed E-state index contributed by atoms with van der Waals surface area (Å²) < 4.78 is 18.1. The highest BCUT2D eigenvalue weighted by molar-refractivity contribution is 6.31. The molecule has 0 aliphatic rings. The van der Waals surface area contributed by atoms with E-state index in [2.05, 4.69) is 5.32 Å². The molecule has 104 valence electrons. The highest BCUT2D eigenvalue weighted by Crippen LogP contribution is 2.25. The summed E-state index contributed by atoms with van der Waals surface area (Å²) in [5.74, 6) is -1.27. The van der Waals surface area contributed by atoms with Gasteiger partial charge in [-0.15, -0.1) is 0 Å². The second-order valence-electron chi connectivity index (χ2n) is 3.96. The zero-order chi connectivity index (χ0) is 14.7. The number of amides is 1. The molecule has 20 heavy (non-hydrogen) atoms. The van der Waals surface area contributed by atoms with Crippen LogP contribution in [0.15, 0.2) is 36.4 Å². The smallest absolute Gasteiger partial charge is 0.259 e. The summed E-state index contributed by atoms with van der Waals surface area (Å²) in [5.41, 5.74) is 0.369. The highest BCUT2D eigenvalue weighted by Gasteiger charge is 2.13. The molecule has 0 fully saturated rings. The number of ether oxygens (including phenoxy) is 1. The number of carbonyl (C=O) groups excluding carboxylic acids is 1. The predicted molar refractivity (Wildman–Crippen MR) is 74.0 cm³/mol. The predicted octanol–water partition coefficient (Wildman–Crippen LogP) is 3.45. The van der Waals surface area contributed by atoms with Crippen molar-refractivity contribution in [2.24, 2.45) is 0 Å². The first kappa shape index (κ1) is 14.1. The Kier molecular flexibility index (Phi) is 4.10. The molecule has 4 nitrogen and oxygen atoms in total. The van der Waals surface area contributed by atoms with E-state index in [-0.39, 0.29) is 17.1 Å². The molecule has 2 N–H and O–H groups in total. The number of phenolic OH excluding ortho intramolecular Hbond substituents is 1. The minimum atomic E-state index is -0.557. The second kappa shape index (κ2) is 5.79. The summed E-state index contributed by atoms with van der Waals surface area (Å²) >= 11 is 5.77. The van der Waals surface area contributed by atoms with Crippen molar-refractivity contribution in [1.82, 2.24) is 0 Å². The normalized spacial score (nSPS) is 10.2. The third-order valence-electron chi connectivity index (χ3n) is 2.61. The van der Waals surface area contributed by atoms with Crippen molar-refractivity contribution in [3.8, 4) is 11.5 Å². The van der Waals surface area contributed by atoms with E-state index in [1.165, 1.54) is 43.5 Å². The molecule has 0 aliphatic heterocycles. The Morgan fingerprint density at radius 2 is 2.05 bits per heavy atom. The van der Waals surface area contributed by atoms with E-state index < -0.39 is 11.7 Å². The van der Waals surface area contributed by atoms with Gasteiger partial charge in [-0.3, -0.25) is 4.79 Å². The molecule has 0 bridgehead atoms. The van der Waals surface area contributed by atoms with Gasteiger partial charge in [-0.25, -0.2) is 4.39 Å². The van der Waals surface area contributed by atoms with Crippen molar-refractivity contribution >= 4 is 23.2 Å². The van der Waals surface area contributed by atoms with Gasteiger partial charge < -0.3 is 15.2 Å². The minimum Gasteiger partial charge on any atom is -0.507 e. The van der Waals surface area contributed by atoms with Gasteiger partial charge in [0.05, 0.1) is 12.7 Å². The zero-order valence-electron chi connectivity index (χ0n) is 10.5. The standard InChI is InChI=1S/C14H11ClFNO3/c1-20-13-7-9(3-4-11(13)16)17-14(19)10-6-8(15)2-5-12(10)18/h2-7,18H,1H3,(H,17,19). The Bertz CT molecular complexity index is 661. The summed E-state index contributed by atoms with van der Waals surface area (Å²) in [6.45, 7) is 0. The summed E-state index contributed by atoms with van der Waals surface area (Å²) in [5, 5.41) is 12.5. The number of carbonyl (C=O) groups is 1. The number of methoxy groups -OCH3 is 1. The minimum absolute atomic E-state index is 0.0121. The molecule has 0 aromatic heterocycles. The fourth-order valence-electron chi connectivity index (χ4n) is 1.63. The van der Waals surface area contributed by atoms with Gasteiger partial charge in [0.1, 0.15) is 5.75 Å². The molecule has 0 heterocycles. The maximum atomic E-state index is 13.3. The molecule has 6 heteroatoms. The number of nitrogens with one attached hydrogen (secondary N) is 1. The van der Waals surface area contributed by atoms with E-state index >= 15 is 0 Å². The Balaban J connectivity index is 2.25. The number of benzene rings is 2. The molecule has 0 saturated carbocycles. The first-order valence-electron chi connectivity index (χ1n) is 5.64. The SMILES string of the molecule is COc1cc(NC(=O)c2cc(Cl)ccc2O)ccc1F. The van der Waals surface area contributed by atoms with E-state index in [1.54, 1.807) is 0 Å². The number of rotatable bonds is 3. The van der Waals surface area contributed by atoms with Crippen molar-refractivity contribution in [1.29, 1.82) is 0 Å². The lowest BCUT2D eigenvalue weighted by molar-refractivity contribution is 0.102. The molecule has 2 rings (SSSR count). The number of anilines is 1. The molecule has 0 unspecified atom stereocenters. The van der Waals surface area contributed by atoms with E-state index in [9.17, 15) is 14.3 Å². The summed E-state index contributed by atoms with van der Waals surface area (Å²) in [7, 11) is 1.33. The Morgan fingerprint density at radius 1 is 1.30 bits per heavy atom. The van der Waals surface area contributed by atoms with Gasteiger partial charge in [0, 0.05) is 16.8 Å². The molecular formula is C14H11ClFNO3. The first-order chi connectivity index (χ1) is 9.51. The van der Waals surface area contributed by atoms with Crippen LogP contribution in [0, 0.1) is 5.82 Å². The van der Waals surface area contributed by atoms with Crippen molar-refractivity contribution in [3.63, 3.8) is 0 Å². The van der Waals surface area contributed by atoms with Crippen LogP contribution in [0.5, 0.6) is 11.5 Å². The van der Waals surface area contributed by atoms with Crippen molar-refractivity contribution in [2.45, 2.75) is 0 Å². The van der Waals surface area contributed by atoms with Gasteiger partial charge in [0.2, 0.25) is 0 Å². The van der Waals surface area contributed by atoms with E-state index in [0.29, 0.717) is 10.7 Å². The van der Waals surface area contributed by atoms with Gasteiger partial charge in [-0.1, -0.05) is 11.6 Å². The van der Waals surface area contributed by atoms with Crippen molar-refractivity contribution in [3.05, 3.63) is 52.8 Å². The molecule has 0 aliphatic carbocycles. The lowest BCUT2D eigenvalue weighted by Gasteiger charge is -2.09. The first-order valence-corrected chi connectivity index (χ1v) is 6.02. The Hall–Kier alpha value is -2.27. The van der Waals surface area contributed by atoms with Crippen LogP contribution in [0.3, 0.4) is 0 Å². The molecule has 0 atom stereocenters. The van der Waals surface area contributed by atoms with Crippen LogP contribution in [0.25, 0.3) is 0 Å². The monoisotopic (exact) mass is 295 g/mol. The van der Waals surface area contributed by atoms with Crippen LogP contribution in [-0.2, 0) is 0 Å². The van der Waals surface area contributed by atoms with Crippen LogP contribution in [0.1, 0.15) is 10.4 Å². The number of hydrogen-bond donors (Lipinski definition) is 2. The molecule has 1 amide bonds. The molecule has 0 radical (unpaired) electrons. The number of aromatic hydroxyl groups is 1. The van der Waals surface area contributed by atoms with E-state index in [4.69, 9.17) is 16.3 Å². The maximum Gasteiger partial charge on any atom is 0.259 e. The van der Waals surface area contributed by atoms with Crippen molar-refractivity contribution < 1.29 is 19.0 Å². The third kappa shape index (κ3) is 3.00. The van der Waals surface area contributed by atoms with Gasteiger partial charge in [-0.2, -0.15) is 0 Å². The Morgan fingerprint density at radius 3 is 2.75 bits per heavy atom. The van der Waals surface area contributed by atoms with E-state index in [0.717, 1.165) is 0 Å². The topological polar surface area (TPSA) is 58.6 Å². The van der Waals surface area contributed by atoms with Crippen LogP contribution in [0.4, 0.5) is 10.1 Å². The third-order valence-corrected chi connectivity index (χ3v) is 2.85. The Labute approximate surface area is 119 Å². The average molecular weight is 296 g/mol. The average Bonchev–Trinajstić information content (AvgIpc) is 2.43. The summed E-state index contributed by atoms with van der Waals surface area (Å²) in [4.78, 5) is 12.0. The number of hydrogen-bond acceptors (Lipinski definition) is 3. The van der Waals surface area contributed by atoms with Crippen LogP contribution in [-0.4, -0.2) is 18.1 Å². The lowest BCUT2D eigenvalue weighted by Crippen LogP contribution is -2.12.